The predicted molar refractivity (Wildman–Crippen MR) is 75.8 cm³/mol. The Morgan fingerprint density at radius 1 is 1.32 bits per heavy atom. The highest BCUT2D eigenvalue weighted by molar-refractivity contribution is 5.75. The summed E-state index contributed by atoms with van der Waals surface area (Å²) in [5, 5.41) is 0. The Morgan fingerprint density at radius 2 is 2.00 bits per heavy atom. The molecule has 0 bridgehead atoms. The molecule has 0 unspecified atom stereocenters. The number of benzene rings is 1. The fraction of sp³-hybridized carbons (Fsp3) is 0.500. The number of amides is 1. The fourth-order valence-electron chi connectivity index (χ4n) is 1.77. The largest absolute Gasteiger partial charge is 0.494 e. The van der Waals surface area contributed by atoms with Crippen molar-refractivity contribution < 1.29 is 9.53 Å². The van der Waals surface area contributed by atoms with E-state index >= 15 is 0 Å². The first-order chi connectivity index (χ1) is 9.15. The third-order valence-electron chi connectivity index (χ3n) is 2.87. The van der Waals surface area contributed by atoms with Crippen LogP contribution in [0, 0.1) is 0 Å². The van der Waals surface area contributed by atoms with E-state index in [0.29, 0.717) is 19.7 Å². The van der Waals surface area contributed by atoms with Crippen LogP contribution in [-0.2, 0) is 11.3 Å². The number of carbonyl (C=O) groups is 1. The van der Waals surface area contributed by atoms with Gasteiger partial charge in [0.1, 0.15) is 5.75 Å². The molecule has 0 atom stereocenters. The molecule has 0 aliphatic heterocycles. The minimum absolute atomic E-state index is 0.292. The number of ether oxygens (including phenoxy) is 1. The van der Waals surface area contributed by atoms with Gasteiger partial charge in [0.25, 0.3) is 0 Å². The Balaban J connectivity index is 2.23. The predicted octanol–water partition coefficient (Wildman–Crippen LogP) is 0.721. The van der Waals surface area contributed by atoms with Crippen LogP contribution in [0.15, 0.2) is 24.3 Å². The first-order valence-corrected chi connectivity index (χ1v) is 6.58. The van der Waals surface area contributed by atoms with Crippen LogP contribution in [0.5, 0.6) is 5.75 Å². The third kappa shape index (κ3) is 6.22. The van der Waals surface area contributed by atoms with Gasteiger partial charge in [-0.3, -0.25) is 9.69 Å². The highest BCUT2D eigenvalue weighted by Gasteiger charge is 2.05. The van der Waals surface area contributed by atoms with Crippen molar-refractivity contribution in [2.24, 2.45) is 11.5 Å². The number of hydrogen-bond donors (Lipinski definition) is 2. The van der Waals surface area contributed by atoms with E-state index in [2.05, 4.69) is 0 Å². The molecule has 5 heteroatoms. The van der Waals surface area contributed by atoms with E-state index in [-0.39, 0.29) is 5.91 Å². The number of rotatable bonds is 9. The topological polar surface area (TPSA) is 81.6 Å². The maximum atomic E-state index is 10.8. The summed E-state index contributed by atoms with van der Waals surface area (Å²) in [7, 11) is 0. The minimum Gasteiger partial charge on any atom is -0.494 e. The van der Waals surface area contributed by atoms with Gasteiger partial charge in [-0.2, -0.15) is 0 Å². The smallest absolute Gasteiger partial charge is 0.231 e. The van der Waals surface area contributed by atoms with Crippen LogP contribution in [0.25, 0.3) is 0 Å². The molecule has 0 spiro atoms. The van der Waals surface area contributed by atoms with Crippen molar-refractivity contribution in [2.45, 2.75) is 19.9 Å². The van der Waals surface area contributed by atoms with E-state index in [1.807, 2.05) is 36.1 Å². The summed E-state index contributed by atoms with van der Waals surface area (Å²) in [4.78, 5) is 12.8. The molecular weight excluding hydrogens is 242 g/mol. The van der Waals surface area contributed by atoms with Gasteiger partial charge in [-0.05, 0) is 30.7 Å². The molecule has 0 saturated heterocycles. The van der Waals surface area contributed by atoms with Crippen molar-refractivity contribution in [3.05, 3.63) is 29.8 Å². The van der Waals surface area contributed by atoms with Crippen molar-refractivity contribution in [3.8, 4) is 5.75 Å². The standard InChI is InChI=1S/C14H23N3O2/c1-2-17(11-14(16)18)8-3-9-19-13-6-4-12(10-15)5-7-13/h4-7H,2-3,8-11,15H2,1H3,(H2,16,18). The van der Waals surface area contributed by atoms with Crippen molar-refractivity contribution >= 4 is 5.91 Å². The van der Waals surface area contributed by atoms with Crippen LogP contribution in [0.3, 0.4) is 0 Å². The van der Waals surface area contributed by atoms with Crippen LogP contribution in [-0.4, -0.2) is 37.0 Å². The second kappa shape index (κ2) is 8.50. The van der Waals surface area contributed by atoms with Crippen LogP contribution in [0.1, 0.15) is 18.9 Å². The average Bonchev–Trinajstić information content (AvgIpc) is 2.42. The Hall–Kier alpha value is -1.59. The van der Waals surface area contributed by atoms with E-state index in [9.17, 15) is 4.79 Å². The quantitative estimate of drug-likeness (QED) is 0.645. The molecule has 4 N–H and O–H groups in total. The van der Waals surface area contributed by atoms with E-state index in [1.165, 1.54) is 0 Å². The number of likely N-dealkylation sites (N-methyl/N-ethyl adjacent to an activating group) is 1. The van der Waals surface area contributed by atoms with Crippen molar-refractivity contribution in [1.29, 1.82) is 0 Å². The zero-order valence-electron chi connectivity index (χ0n) is 11.5. The Labute approximate surface area is 114 Å². The molecule has 1 amide bonds. The maximum Gasteiger partial charge on any atom is 0.231 e. The Kier molecular flexibility index (Phi) is 6.92. The lowest BCUT2D eigenvalue weighted by Gasteiger charge is -2.18. The lowest BCUT2D eigenvalue weighted by Crippen LogP contribution is -2.34. The van der Waals surface area contributed by atoms with Gasteiger partial charge in [-0.1, -0.05) is 19.1 Å². The maximum absolute atomic E-state index is 10.8. The van der Waals surface area contributed by atoms with E-state index in [1.54, 1.807) is 0 Å². The summed E-state index contributed by atoms with van der Waals surface area (Å²) in [5.74, 6) is 0.551. The van der Waals surface area contributed by atoms with Gasteiger partial charge in [-0.15, -0.1) is 0 Å². The molecule has 0 heterocycles. The lowest BCUT2D eigenvalue weighted by molar-refractivity contribution is -0.119. The van der Waals surface area contributed by atoms with Gasteiger partial charge in [-0.25, -0.2) is 0 Å². The van der Waals surface area contributed by atoms with E-state index in [4.69, 9.17) is 16.2 Å². The summed E-state index contributed by atoms with van der Waals surface area (Å²) in [6, 6.07) is 7.76. The van der Waals surface area contributed by atoms with Gasteiger partial charge in [0.15, 0.2) is 0 Å². The normalized spacial score (nSPS) is 10.7. The van der Waals surface area contributed by atoms with Crippen molar-refractivity contribution in [1.82, 2.24) is 4.90 Å². The van der Waals surface area contributed by atoms with Crippen molar-refractivity contribution in [2.75, 3.05) is 26.2 Å². The molecule has 1 aromatic rings. The molecule has 0 fully saturated rings. The number of nitrogens with zero attached hydrogens (tertiary/aromatic N) is 1. The molecule has 19 heavy (non-hydrogen) atoms. The lowest BCUT2D eigenvalue weighted by atomic mass is 10.2. The average molecular weight is 265 g/mol. The molecule has 106 valence electrons. The summed E-state index contributed by atoms with van der Waals surface area (Å²) in [6.45, 7) is 5.10. The summed E-state index contributed by atoms with van der Waals surface area (Å²) >= 11 is 0. The van der Waals surface area contributed by atoms with Crippen LogP contribution in [0.2, 0.25) is 0 Å². The minimum atomic E-state index is -0.292. The Bertz CT molecular complexity index is 379. The molecule has 0 aliphatic carbocycles. The molecule has 0 aromatic heterocycles. The molecule has 1 rings (SSSR count). The summed E-state index contributed by atoms with van der Waals surface area (Å²) in [6.07, 6.45) is 0.861. The number of hydrogen-bond acceptors (Lipinski definition) is 4. The molecule has 0 aliphatic rings. The number of nitrogens with two attached hydrogens (primary N) is 2. The Morgan fingerprint density at radius 3 is 2.53 bits per heavy atom. The van der Waals surface area contributed by atoms with Crippen molar-refractivity contribution in [3.63, 3.8) is 0 Å². The zero-order valence-corrected chi connectivity index (χ0v) is 11.5. The fourth-order valence-corrected chi connectivity index (χ4v) is 1.77. The van der Waals surface area contributed by atoms with E-state index in [0.717, 1.165) is 30.8 Å². The molecule has 5 nitrogen and oxygen atoms in total. The monoisotopic (exact) mass is 265 g/mol. The first kappa shape index (κ1) is 15.5. The molecule has 1 aromatic carbocycles. The second-order valence-corrected chi connectivity index (χ2v) is 4.39. The SMILES string of the molecule is CCN(CCCOc1ccc(CN)cc1)CC(N)=O. The third-order valence-corrected chi connectivity index (χ3v) is 2.87. The van der Waals surface area contributed by atoms with Gasteiger partial charge >= 0.3 is 0 Å². The second-order valence-electron chi connectivity index (χ2n) is 4.39. The van der Waals surface area contributed by atoms with Crippen LogP contribution in [0.4, 0.5) is 0 Å². The number of carbonyl (C=O) groups excluding carboxylic acids is 1. The van der Waals surface area contributed by atoms with Crippen LogP contribution >= 0.6 is 0 Å². The highest BCUT2D eigenvalue weighted by atomic mass is 16.5. The highest BCUT2D eigenvalue weighted by Crippen LogP contribution is 2.11. The molecular formula is C14H23N3O2. The number of primary amides is 1. The summed E-state index contributed by atoms with van der Waals surface area (Å²) < 4.78 is 5.62. The van der Waals surface area contributed by atoms with E-state index < -0.39 is 0 Å². The van der Waals surface area contributed by atoms with Gasteiger partial charge in [0.2, 0.25) is 5.91 Å². The molecule has 0 radical (unpaired) electrons. The van der Waals surface area contributed by atoms with Crippen LogP contribution < -0.4 is 16.2 Å². The van der Waals surface area contributed by atoms with Gasteiger partial charge in [0, 0.05) is 13.1 Å². The molecule has 0 saturated carbocycles. The summed E-state index contributed by atoms with van der Waals surface area (Å²) in [5.41, 5.74) is 11.8. The van der Waals surface area contributed by atoms with Gasteiger partial charge in [0.05, 0.1) is 13.2 Å². The van der Waals surface area contributed by atoms with Gasteiger partial charge < -0.3 is 16.2 Å². The first-order valence-electron chi connectivity index (χ1n) is 6.58. The zero-order chi connectivity index (χ0) is 14.1.